The van der Waals surface area contributed by atoms with Crippen molar-refractivity contribution in [1.82, 2.24) is 4.98 Å². The van der Waals surface area contributed by atoms with E-state index < -0.39 is 5.97 Å². The molecule has 0 bridgehead atoms. The molecule has 0 aliphatic carbocycles. The second-order valence-electron chi connectivity index (χ2n) is 4.88. The molecule has 0 saturated carbocycles. The van der Waals surface area contributed by atoms with Crippen molar-refractivity contribution in [2.24, 2.45) is 0 Å². The molecular weight excluding hydrogens is 390 g/mol. The largest absolute Gasteiger partial charge is 0.481 e. The summed E-state index contributed by atoms with van der Waals surface area (Å²) in [6.07, 6.45) is 3.42. The molecule has 0 aliphatic heterocycles. The average molecular weight is 408 g/mol. The number of pyridine rings is 1. The van der Waals surface area contributed by atoms with Gasteiger partial charge in [0.15, 0.2) is 6.79 Å². The summed E-state index contributed by atoms with van der Waals surface area (Å²) in [7, 11) is 4.43. The molecule has 25 heavy (non-hydrogen) atoms. The lowest BCUT2D eigenvalue weighted by Crippen LogP contribution is -2.02. The second-order valence-corrected chi connectivity index (χ2v) is 5.73. The Hall–Kier alpha value is -2.38. The summed E-state index contributed by atoms with van der Waals surface area (Å²) in [4.78, 5) is 15.8. The Morgan fingerprint density at radius 3 is 2.64 bits per heavy atom. The van der Waals surface area contributed by atoms with Crippen LogP contribution in [0.25, 0.3) is 10.6 Å². The molecule has 0 fully saturated rings. The fourth-order valence-corrected chi connectivity index (χ4v) is 2.53. The molecule has 1 heterocycles. The molecular formula is C18H18BrNO5. The minimum atomic E-state index is -0.392. The van der Waals surface area contributed by atoms with Crippen molar-refractivity contribution in [3.8, 4) is 11.6 Å². The zero-order chi connectivity index (χ0) is 18.2. The number of nitrogens with zero attached hydrogens (tertiary/aromatic N) is 1. The van der Waals surface area contributed by atoms with Crippen LogP contribution in [0.2, 0.25) is 0 Å². The zero-order valence-corrected chi connectivity index (χ0v) is 15.7. The summed E-state index contributed by atoms with van der Waals surface area (Å²) in [5, 5.41) is 0. The Morgan fingerprint density at radius 1 is 1.20 bits per heavy atom. The van der Waals surface area contributed by atoms with Crippen LogP contribution in [0.4, 0.5) is 0 Å². The molecule has 0 atom stereocenters. The van der Waals surface area contributed by atoms with Gasteiger partial charge in [-0.05, 0) is 23.8 Å². The van der Waals surface area contributed by atoms with Crippen LogP contribution in [-0.2, 0) is 9.47 Å². The molecule has 6 nitrogen and oxygen atoms in total. The van der Waals surface area contributed by atoms with E-state index in [1.807, 2.05) is 12.1 Å². The Balaban J connectivity index is 2.39. The minimum absolute atomic E-state index is 0.101. The van der Waals surface area contributed by atoms with E-state index in [2.05, 4.69) is 20.9 Å². The number of carbonyl (C=O) groups is 1. The zero-order valence-electron chi connectivity index (χ0n) is 14.1. The van der Waals surface area contributed by atoms with Gasteiger partial charge >= 0.3 is 5.97 Å². The van der Waals surface area contributed by atoms with Crippen LogP contribution in [0, 0.1) is 0 Å². The highest BCUT2D eigenvalue weighted by molar-refractivity contribution is 9.15. The Morgan fingerprint density at radius 2 is 1.96 bits per heavy atom. The first-order chi connectivity index (χ1) is 12.1. The van der Waals surface area contributed by atoms with Crippen LogP contribution in [0.15, 0.2) is 36.5 Å². The number of methoxy groups -OCH3 is 3. The molecule has 0 saturated heterocycles. The van der Waals surface area contributed by atoms with Crippen LogP contribution in [0.3, 0.4) is 0 Å². The summed E-state index contributed by atoms with van der Waals surface area (Å²) in [6, 6.07) is 8.84. The Bertz CT molecular complexity index is 776. The molecule has 0 amide bonds. The predicted octanol–water partition coefficient (Wildman–Crippen LogP) is 3.75. The fraction of sp³-hybridized carbons (Fsp3) is 0.222. The number of aromatic nitrogens is 1. The number of carbonyl (C=O) groups excluding carboxylic acids is 1. The first kappa shape index (κ1) is 19.0. The van der Waals surface area contributed by atoms with Crippen LogP contribution < -0.4 is 9.47 Å². The number of ether oxygens (including phenoxy) is 4. The van der Waals surface area contributed by atoms with Gasteiger partial charge in [0, 0.05) is 23.2 Å². The predicted molar refractivity (Wildman–Crippen MR) is 97.9 cm³/mol. The average Bonchev–Trinajstić information content (AvgIpc) is 2.66. The summed E-state index contributed by atoms with van der Waals surface area (Å²) >= 11 is 3.54. The van der Waals surface area contributed by atoms with Gasteiger partial charge in [0.1, 0.15) is 5.75 Å². The van der Waals surface area contributed by atoms with Gasteiger partial charge in [0.05, 0.1) is 26.0 Å². The van der Waals surface area contributed by atoms with E-state index >= 15 is 0 Å². The van der Waals surface area contributed by atoms with Gasteiger partial charge in [0.25, 0.3) is 0 Å². The molecule has 0 aliphatic rings. The van der Waals surface area contributed by atoms with Crippen molar-refractivity contribution in [3.05, 3.63) is 53.2 Å². The number of esters is 1. The molecule has 0 radical (unpaired) electrons. The van der Waals surface area contributed by atoms with E-state index in [-0.39, 0.29) is 6.79 Å². The monoisotopic (exact) mass is 407 g/mol. The van der Waals surface area contributed by atoms with Gasteiger partial charge in [-0.1, -0.05) is 28.1 Å². The van der Waals surface area contributed by atoms with E-state index in [9.17, 15) is 4.79 Å². The third kappa shape index (κ3) is 5.04. The standard InChI is InChI=1S/C18H18BrNO5/c1-22-11-25-16-10-20-17(23-2)9-14(16)8-15(19)12-5-4-6-13(7-12)18(21)24-3/h4-10H,11H2,1-3H3/b15-8-. The van der Waals surface area contributed by atoms with Crippen molar-refractivity contribution >= 4 is 32.5 Å². The lowest BCUT2D eigenvalue weighted by Gasteiger charge is -2.10. The highest BCUT2D eigenvalue weighted by Crippen LogP contribution is 2.30. The van der Waals surface area contributed by atoms with Gasteiger partial charge < -0.3 is 18.9 Å². The fourth-order valence-electron chi connectivity index (χ4n) is 2.04. The number of rotatable bonds is 7. The van der Waals surface area contributed by atoms with Crippen molar-refractivity contribution in [3.63, 3.8) is 0 Å². The van der Waals surface area contributed by atoms with E-state index in [1.54, 1.807) is 44.7 Å². The normalized spacial score (nSPS) is 11.1. The molecule has 0 N–H and O–H groups in total. The van der Waals surface area contributed by atoms with Crippen LogP contribution in [0.5, 0.6) is 11.6 Å². The maximum Gasteiger partial charge on any atom is 0.337 e. The minimum Gasteiger partial charge on any atom is -0.481 e. The number of hydrogen-bond donors (Lipinski definition) is 0. The Kier molecular flexibility index (Phi) is 6.97. The maximum absolute atomic E-state index is 11.7. The SMILES string of the molecule is COCOc1cnc(OC)cc1/C=C(\Br)c1cccc(C(=O)OC)c1. The number of halogens is 1. The van der Waals surface area contributed by atoms with Crippen LogP contribution in [-0.4, -0.2) is 39.1 Å². The summed E-state index contributed by atoms with van der Waals surface area (Å²) in [6.45, 7) is 0.101. The first-order valence-corrected chi connectivity index (χ1v) is 8.10. The first-order valence-electron chi connectivity index (χ1n) is 7.30. The van der Waals surface area contributed by atoms with Crippen molar-refractivity contribution in [2.45, 2.75) is 0 Å². The lowest BCUT2D eigenvalue weighted by molar-refractivity contribution is 0.0506. The van der Waals surface area contributed by atoms with Gasteiger partial charge in [-0.25, -0.2) is 9.78 Å². The van der Waals surface area contributed by atoms with E-state index in [1.165, 1.54) is 7.11 Å². The van der Waals surface area contributed by atoms with E-state index in [0.29, 0.717) is 17.2 Å². The molecule has 2 rings (SSSR count). The molecule has 1 aromatic heterocycles. The number of hydrogen-bond acceptors (Lipinski definition) is 6. The molecule has 1 aromatic carbocycles. The summed E-state index contributed by atoms with van der Waals surface area (Å²) < 4.78 is 21.1. The van der Waals surface area contributed by atoms with Crippen molar-refractivity contribution in [1.29, 1.82) is 0 Å². The van der Waals surface area contributed by atoms with Crippen LogP contribution in [0.1, 0.15) is 21.5 Å². The molecule has 0 spiro atoms. The summed E-state index contributed by atoms with van der Waals surface area (Å²) in [5.74, 6) is 0.611. The van der Waals surface area contributed by atoms with Crippen LogP contribution >= 0.6 is 15.9 Å². The highest BCUT2D eigenvalue weighted by Gasteiger charge is 2.10. The molecule has 7 heteroatoms. The third-order valence-electron chi connectivity index (χ3n) is 3.26. The lowest BCUT2D eigenvalue weighted by atomic mass is 10.1. The Labute approximate surface area is 154 Å². The highest BCUT2D eigenvalue weighted by atomic mass is 79.9. The molecule has 0 unspecified atom stereocenters. The molecule has 2 aromatic rings. The molecule has 132 valence electrons. The second kappa shape index (κ2) is 9.19. The van der Waals surface area contributed by atoms with Crippen molar-refractivity contribution in [2.75, 3.05) is 28.1 Å². The van der Waals surface area contributed by atoms with Gasteiger partial charge in [0.2, 0.25) is 5.88 Å². The van der Waals surface area contributed by atoms with E-state index in [4.69, 9.17) is 18.9 Å². The van der Waals surface area contributed by atoms with Gasteiger partial charge in [-0.2, -0.15) is 0 Å². The van der Waals surface area contributed by atoms with Gasteiger partial charge in [-0.3, -0.25) is 0 Å². The third-order valence-corrected chi connectivity index (χ3v) is 3.94. The van der Waals surface area contributed by atoms with Gasteiger partial charge in [-0.15, -0.1) is 0 Å². The maximum atomic E-state index is 11.7. The van der Waals surface area contributed by atoms with E-state index in [0.717, 1.165) is 15.6 Å². The summed E-state index contributed by atoms with van der Waals surface area (Å²) in [5.41, 5.74) is 2.03. The number of benzene rings is 1. The smallest absolute Gasteiger partial charge is 0.337 e. The quantitative estimate of drug-likeness (QED) is 0.514. The topological polar surface area (TPSA) is 66.9 Å². The van der Waals surface area contributed by atoms with Crippen molar-refractivity contribution < 1.29 is 23.7 Å².